The molecule has 10 nitrogen and oxygen atoms in total. The van der Waals surface area contributed by atoms with Crippen LogP contribution >= 0.6 is 12.6 Å². The summed E-state index contributed by atoms with van der Waals surface area (Å²) in [4.78, 5) is 54.7. The number of ether oxygens (including phenoxy) is 1. The third kappa shape index (κ3) is 8.70. The third-order valence-electron chi connectivity index (χ3n) is 8.49. The van der Waals surface area contributed by atoms with Gasteiger partial charge in [0.15, 0.2) is 0 Å². The van der Waals surface area contributed by atoms with Gasteiger partial charge in [-0.3, -0.25) is 14.4 Å². The molecule has 0 aliphatic carbocycles. The molecule has 0 aliphatic rings. The highest BCUT2D eigenvalue weighted by molar-refractivity contribution is 7.80. The molecule has 0 radical (unpaired) electrons. The second kappa shape index (κ2) is 15.3. The van der Waals surface area contributed by atoms with E-state index in [2.05, 4.69) is 51.5 Å². The van der Waals surface area contributed by atoms with Gasteiger partial charge >= 0.3 is 5.97 Å². The molecule has 1 aromatic heterocycles. The highest BCUT2D eigenvalue weighted by Crippen LogP contribution is 2.35. The lowest BCUT2D eigenvalue weighted by Crippen LogP contribution is -2.61. The van der Waals surface area contributed by atoms with Gasteiger partial charge in [-0.1, -0.05) is 72.7 Å². The predicted molar refractivity (Wildman–Crippen MR) is 183 cm³/mol. The number of benzene rings is 1. The molecule has 3 N–H and O–H groups in total. The van der Waals surface area contributed by atoms with Crippen molar-refractivity contribution in [2.45, 2.75) is 85.0 Å². The Kier molecular flexibility index (Phi) is 12.9. The molecule has 11 heteroatoms. The summed E-state index contributed by atoms with van der Waals surface area (Å²) in [7, 11) is 6.67. The summed E-state index contributed by atoms with van der Waals surface area (Å²) in [5, 5.41) is 10.00. The molecule has 1 heterocycles. The molecule has 0 aliphatic heterocycles. The van der Waals surface area contributed by atoms with Gasteiger partial charge in [-0.2, -0.15) is 12.6 Å². The van der Waals surface area contributed by atoms with E-state index in [0.717, 1.165) is 16.5 Å². The number of hydrogen-bond donors (Lipinski definition) is 4. The number of rotatable bonds is 13. The molecule has 0 saturated heterocycles. The van der Waals surface area contributed by atoms with E-state index in [4.69, 9.17) is 4.74 Å². The van der Waals surface area contributed by atoms with Gasteiger partial charge in [-0.25, -0.2) is 4.79 Å². The summed E-state index contributed by atoms with van der Waals surface area (Å²) in [6.07, 6.45) is 3.77. The maximum Gasteiger partial charge on any atom is 0.329 e. The van der Waals surface area contributed by atoms with Crippen LogP contribution in [0.15, 0.2) is 42.1 Å². The van der Waals surface area contributed by atoms with Crippen LogP contribution in [0.25, 0.3) is 10.9 Å². The molecule has 0 bridgehead atoms. The Labute approximate surface area is 274 Å². The number of esters is 1. The highest BCUT2D eigenvalue weighted by atomic mass is 32.1. The first-order valence-electron chi connectivity index (χ1n) is 15.3. The normalized spacial score (nSPS) is 15.3. The minimum absolute atomic E-state index is 0.0605. The van der Waals surface area contributed by atoms with E-state index in [9.17, 15) is 19.2 Å². The number of methoxy groups -OCH3 is 1. The number of fused-ring (bicyclic) bond motifs is 1. The van der Waals surface area contributed by atoms with Gasteiger partial charge in [-0.05, 0) is 36.9 Å². The fourth-order valence-corrected chi connectivity index (χ4v) is 5.97. The largest absolute Gasteiger partial charge is 0.467 e. The Bertz CT molecular complexity index is 1410. The van der Waals surface area contributed by atoms with Crippen LogP contribution in [0.5, 0.6) is 0 Å². The van der Waals surface area contributed by atoms with Gasteiger partial charge in [0.05, 0.1) is 19.2 Å². The van der Waals surface area contributed by atoms with Crippen LogP contribution in [0.3, 0.4) is 0 Å². The minimum Gasteiger partial charge on any atom is -0.467 e. The van der Waals surface area contributed by atoms with Crippen LogP contribution in [0.1, 0.15) is 61.0 Å². The van der Waals surface area contributed by atoms with Crippen molar-refractivity contribution in [2.75, 3.05) is 27.0 Å². The lowest BCUT2D eigenvalue weighted by Gasteiger charge is -2.39. The topological polar surface area (TPSA) is 122 Å². The molecule has 1 aromatic carbocycles. The maximum atomic E-state index is 14.2. The predicted octanol–water partition coefficient (Wildman–Crippen LogP) is 3.59. The lowest BCUT2D eigenvalue weighted by atomic mass is 9.76. The van der Waals surface area contributed by atoms with Crippen molar-refractivity contribution in [2.24, 2.45) is 18.4 Å². The molecule has 45 heavy (non-hydrogen) atoms. The Morgan fingerprint density at radius 2 is 1.64 bits per heavy atom. The van der Waals surface area contributed by atoms with Crippen LogP contribution in [0.2, 0.25) is 0 Å². The van der Waals surface area contributed by atoms with Crippen LogP contribution in [-0.4, -0.2) is 84.3 Å². The summed E-state index contributed by atoms with van der Waals surface area (Å²) < 4.78 is 6.80. The summed E-state index contributed by atoms with van der Waals surface area (Å²) in [5.41, 5.74) is 1.19. The Balaban J connectivity index is 2.38. The molecule has 0 fully saturated rings. The number of likely N-dealkylation sites (N-methyl/N-ethyl adjacent to an activating group) is 2. The number of carbonyl (C=O) groups is 4. The van der Waals surface area contributed by atoms with E-state index in [1.165, 1.54) is 7.11 Å². The van der Waals surface area contributed by atoms with E-state index in [1.807, 2.05) is 67.6 Å². The van der Waals surface area contributed by atoms with Gasteiger partial charge < -0.3 is 30.2 Å². The standard InChI is InChI=1S/C34H53N5O5S/c1-20(2)26(17-21(3)29(40)36-24(19-45)32(43)44-12)39(11)31(42)28(33(4,5)6)37-30(41)27(35-9)34(7,8)23-18-38(10)25-16-14-13-15-22(23)25/h13-18,20,24,26-28,35,45H,19H2,1-12H3,(H,36,40)(H,37,41)/b21-17+/t24-,26+,27+,28?/m0/s1. The number of para-hydroxylation sites is 1. The fraction of sp³-hybridized carbons (Fsp3) is 0.588. The highest BCUT2D eigenvalue weighted by Gasteiger charge is 2.42. The molecule has 3 amide bonds. The Morgan fingerprint density at radius 1 is 1.04 bits per heavy atom. The summed E-state index contributed by atoms with van der Waals surface area (Å²) >= 11 is 4.14. The van der Waals surface area contributed by atoms with Gasteiger partial charge in [-0.15, -0.1) is 0 Å². The Morgan fingerprint density at radius 3 is 2.16 bits per heavy atom. The van der Waals surface area contributed by atoms with Crippen molar-refractivity contribution in [1.29, 1.82) is 0 Å². The molecule has 0 spiro atoms. The number of thiol groups is 1. The Hall–Kier alpha value is -3.31. The average molecular weight is 644 g/mol. The van der Waals surface area contributed by atoms with Crippen molar-refractivity contribution in [3.05, 3.63) is 47.7 Å². The average Bonchev–Trinajstić information content (AvgIpc) is 3.32. The molecule has 2 aromatic rings. The van der Waals surface area contributed by atoms with Crippen molar-refractivity contribution >= 4 is 47.2 Å². The zero-order valence-corrected chi connectivity index (χ0v) is 29.8. The first-order valence-corrected chi connectivity index (χ1v) is 15.9. The van der Waals surface area contributed by atoms with Crippen LogP contribution in [0.4, 0.5) is 0 Å². The first-order chi connectivity index (χ1) is 20.8. The minimum atomic E-state index is -0.898. The van der Waals surface area contributed by atoms with E-state index >= 15 is 0 Å². The van der Waals surface area contributed by atoms with Crippen LogP contribution < -0.4 is 16.0 Å². The van der Waals surface area contributed by atoms with E-state index < -0.39 is 46.9 Å². The molecule has 250 valence electrons. The summed E-state index contributed by atoms with van der Waals surface area (Å²) in [5.74, 6) is -1.60. The van der Waals surface area contributed by atoms with Gasteiger partial charge in [0.2, 0.25) is 17.7 Å². The quantitative estimate of drug-likeness (QED) is 0.150. The number of hydrogen-bond acceptors (Lipinski definition) is 7. The fourth-order valence-electron chi connectivity index (χ4n) is 5.73. The van der Waals surface area contributed by atoms with Crippen molar-refractivity contribution in [3.63, 3.8) is 0 Å². The smallest absolute Gasteiger partial charge is 0.329 e. The number of nitrogens with zero attached hydrogens (tertiary/aromatic N) is 2. The number of amides is 3. The molecular formula is C34H53N5O5S. The van der Waals surface area contributed by atoms with Crippen molar-refractivity contribution < 1.29 is 23.9 Å². The first kappa shape index (κ1) is 37.9. The molecular weight excluding hydrogens is 590 g/mol. The summed E-state index contributed by atoms with van der Waals surface area (Å²) in [6, 6.07) is 5.22. The van der Waals surface area contributed by atoms with Crippen LogP contribution in [0, 0.1) is 11.3 Å². The number of aromatic nitrogens is 1. The SMILES string of the molecule is CN[C@H](C(=O)NC(C(=O)N(C)[C@H](/C=C(\C)C(=O)N[C@@H](CS)C(=O)OC)C(C)C)C(C)(C)C)C(C)(C)c1cn(C)c2ccccc12. The molecule has 1 unspecified atom stereocenters. The van der Waals surface area contributed by atoms with Gasteiger partial charge in [0.1, 0.15) is 12.1 Å². The number of carbonyl (C=O) groups excluding carboxylic acids is 4. The van der Waals surface area contributed by atoms with E-state index in [1.54, 1.807) is 32.0 Å². The van der Waals surface area contributed by atoms with Gasteiger partial charge in [0, 0.05) is 47.9 Å². The second-order valence-corrected chi connectivity index (χ2v) is 14.1. The zero-order chi connectivity index (χ0) is 34.4. The molecule has 4 atom stereocenters. The maximum absolute atomic E-state index is 14.2. The second-order valence-electron chi connectivity index (χ2n) is 13.7. The van der Waals surface area contributed by atoms with Crippen molar-refractivity contribution in [1.82, 2.24) is 25.4 Å². The van der Waals surface area contributed by atoms with Crippen LogP contribution in [-0.2, 0) is 36.4 Å². The van der Waals surface area contributed by atoms with E-state index in [0.29, 0.717) is 5.57 Å². The lowest BCUT2D eigenvalue weighted by molar-refractivity contribution is -0.143. The number of aryl methyl sites for hydroxylation is 1. The molecule has 2 rings (SSSR count). The number of nitrogens with one attached hydrogen (secondary N) is 3. The van der Waals surface area contributed by atoms with Crippen molar-refractivity contribution in [3.8, 4) is 0 Å². The summed E-state index contributed by atoms with van der Waals surface area (Å²) in [6.45, 7) is 15.3. The van der Waals surface area contributed by atoms with Gasteiger partial charge in [0.25, 0.3) is 0 Å². The monoisotopic (exact) mass is 643 g/mol. The molecule has 0 saturated carbocycles. The third-order valence-corrected chi connectivity index (χ3v) is 8.86. The zero-order valence-electron chi connectivity index (χ0n) is 28.9. The van der Waals surface area contributed by atoms with E-state index in [-0.39, 0.29) is 23.5 Å².